The van der Waals surface area contributed by atoms with Gasteiger partial charge in [0.2, 0.25) is 5.91 Å². The molecule has 1 heterocycles. The Balaban J connectivity index is 2.22. The zero-order chi connectivity index (χ0) is 15.6. The highest BCUT2D eigenvalue weighted by Gasteiger charge is 2.46. The summed E-state index contributed by atoms with van der Waals surface area (Å²) >= 11 is 0. The van der Waals surface area contributed by atoms with Crippen LogP contribution in [0.25, 0.3) is 0 Å². The van der Waals surface area contributed by atoms with E-state index in [9.17, 15) is 14.7 Å². The van der Waals surface area contributed by atoms with Gasteiger partial charge in [0.05, 0.1) is 13.0 Å². The van der Waals surface area contributed by atoms with Crippen LogP contribution < -0.4 is 0 Å². The topological polar surface area (TPSA) is 66.8 Å². The van der Waals surface area contributed by atoms with E-state index in [0.717, 1.165) is 5.56 Å². The van der Waals surface area contributed by atoms with Gasteiger partial charge in [-0.15, -0.1) is 0 Å². The monoisotopic (exact) mass is 291 g/mol. The Bertz CT molecular complexity index is 521. The third-order valence-electron chi connectivity index (χ3n) is 3.51. The molecular formula is C16H21NO4. The van der Waals surface area contributed by atoms with Crippen LogP contribution in [0.4, 0.5) is 0 Å². The lowest BCUT2D eigenvalue weighted by Crippen LogP contribution is -2.50. The van der Waals surface area contributed by atoms with E-state index in [0.29, 0.717) is 0 Å². The van der Waals surface area contributed by atoms with Crippen molar-refractivity contribution in [2.45, 2.75) is 39.5 Å². The number of carboxylic acids is 1. The van der Waals surface area contributed by atoms with E-state index >= 15 is 0 Å². The van der Waals surface area contributed by atoms with Gasteiger partial charge in [0.25, 0.3) is 0 Å². The minimum atomic E-state index is -1.02. The largest absolute Gasteiger partial charge is 0.480 e. The van der Waals surface area contributed by atoms with Crippen molar-refractivity contribution in [1.29, 1.82) is 0 Å². The average molecular weight is 291 g/mol. The molecule has 1 saturated heterocycles. The number of aliphatic carboxylic acids is 1. The minimum absolute atomic E-state index is 0.0395. The van der Waals surface area contributed by atoms with Crippen LogP contribution in [0.2, 0.25) is 0 Å². The Hall–Kier alpha value is -1.88. The number of carbonyl (C=O) groups excluding carboxylic acids is 1. The molecule has 0 aromatic heterocycles. The lowest BCUT2D eigenvalue weighted by atomic mass is 9.92. The van der Waals surface area contributed by atoms with Gasteiger partial charge in [-0.3, -0.25) is 9.69 Å². The molecule has 2 rings (SSSR count). The van der Waals surface area contributed by atoms with Crippen LogP contribution in [0.1, 0.15) is 26.3 Å². The highest BCUT2D eigenvalue weighted by atomic mass is 16.5. The molecular weight excluding hydrogens is 270 g/mol. The lowest BCUT2D eigenvalue weighted by Gasteiger charge is -2.35. The van der Waals surface area contributed by atoms with Crippen molar-refractivity contribution in [2.24, 2.45) is 5.41 Å². The van der Waals surface area contributed by atoms with Gasteiger partial charge in [0.15, 0.2) is 6.04 Å². The number of carbonyl (C=O) groups is 2. The first-order chi connectivity index (χ1) is 9.80. The second kappa shape index (κ2) is 5.85. The molecule has 0 aliphatic carbocycles. The molecule has 5 nitrogen and oxygen atoms in total. The zero-order valence-corrected chi connectivity index (χ0v) is 12.6. The van der Waals surface area contributed by atoms with Crippen LogP contribution in [0.5, 0.6) is 0 Å². The molecule has 0 unspecified atom stereocenters. The maximum absolute atomic E-state index is 12.6. The second-order valence-corrected chi connectivity index (χ2v) is 6.37. The van der Waals surface area contributed by atoms with Crippen molar-refractivity contribution in [3.63, 3.8) is 0 Å². The number of hydrogen-bond acceptors (Lipinski definition) is 3. The summed E-state index contributed by atoms with van der Waals surface area (Å²) in [5.41, 5.74) is 0.530. The molecule has 1 fully saturated rings. The van der Waals surface area contributed by atoms with Gasteiger partial charge in [-0.2, -0.15) is 0 Å². The molecule has 0 radical (unpaired) electrons. The summed E-state index contributed by atoms with van der Waals surface area (Å²) in [6, 6.07) is 8.40. The normalized spacial score (nSPS) is 22.3. The Labute approximate surface area is 124 Å². The molecule has 1 aromatic carbocycles. The Morgan fingerprint density at radius 3 is 2.43 bits per heavy atom. The van der Waals surface area contributed by atoms with Crippen molar-refractivity contribution in [3.05, 3.63) is 35.9 Å². The highest BCUT2D eigenvalue weighted by molar-refractivity contribution is 5.85. The summed E-state index contributed by atoms with van der Waals surface area (Å²) < 4.78 is 5.59. The number of ether oxygens (including phenoxy) is 1. The zero-order valence-electron chi connectivity index (χ0n) is 12.6. The third kappa shape index (κ3) is 3.42. The summed E-state index contributed by atoms with van der Waals surface area (Å²) in [6.45, 7) is 5.85. The Morgan fingerprint density at radius 2 is 1.90 bits per heavy atom. The van der Waals surface area contributed by atoms with Gasteiger partial charge < -0.3 is 9.84 Å². The first-order valence-electron chi connectivity index (χ1n) is 7.00. The number of benzene rings is 1. The van der Waals surface area contributed by atoms with E-state index in [1.54, 1.807) is 0 Å². The SMILES string of the molecule is CC(C)(C)[C@H]1OC[C@@H](C(=O)O)N1C(=O)Cc1ccccc1. The van der Waals surface area contributed by atoms with Gasteiger partial charge in [-0.25, -0.2) is 4.79 Å². The predicted octanol–water partition coefficient (Wildman–Crippen LogP) is 1.91. The lowest BCUT2D eigenvalue weighted by molar-refractivity contribution is -0.153. The molecule has 1 N–H and O–H groups in total. The van der Waals surface area contributed by atoms with Crippen molar-refractivity contribution in [1.82, 2.24) is 4.90 Å². The fourth-order valence-corrected chi connectivity index (χ4v) is 2.53. The molecule has 1 aromatic rings. The van der Waals surface area contributed by atoms with Crippen LogP contribution in [0.15, 0.2) is 30.3 Å². The predicted molar refractivity (Wildman–Crippen MR) is 77.6 cm³/mol. The molecule has 2 atom stereocenters. The average Bonchev–Trinajstić information content (AvgIpc) is 2.84. The van der Waals surface area contributed by atoms with Crippen molar-refractivity contribution >= 4 is 11.9 Å². The standard InChI is InChI=1S/C16H21NO4/c1-16(2,3)15-17(12(10-21-15)14(19)20)13(18)9-11-7-5-4-6-8-11/h4-8,12,15H,9-10H2,1-3H3,(H,19,20)/t12-,15+/m0/s1. The molecule has 21 heavy (non-hydrogen) atoms. The van der Waals surface area contributed by atoms with Gasteiger partial charge >= 0.3 is 5.97 Å². The number of carboxylic acid groups (broad SMARTS) is 1. The van der Waals surface area contributed by atoms with Crippen molar-refractivity contribution in [3.8, 4) is 0 Å². The van der Waals surface area contributed by atoms with E-state index in [-0.39, 0.29) is 24.3 Å². The number of hydrogen-bond donors (Lipinski definition) is 1. The molecule has 114 valence electrons. The van der Waals surface area contributed by atoms with E-state index in [1.165, 1.54) is 4.90 Å². The summed E-state index contributed by atoms with van der Waals surface area (Å²) in [6.07, 6.45) is -0.338. The Morgan fingerprint density at radius 1 is 1.29 bits per heavy atom. The van der Waals surface area contributed by atoms with E-state index in [4.69, 9.17) is 4.74 Å². The van der Waals surface area contributed by atoms with E-state index in [2.05, 4.69) is 0 Å². The van der Waals surface area contributed by atoms with Gasteiger partial charge in [0.1, 0.15) is 6.23 Å². The fourth-order valence-electron chi connectivity index (χ4n) is 2.53. The molecule has 1 aliphatic heterocycles. The molecule has 0 saturated carbocycles. The quantitative estimate of drug-likeness (QED) is 0.924. The molecule has 1 amide bonds. The van der Waals surface area contributed by atoms with Crippen LogP contribution in [0, 0.1) is 5.41 Å². The van der Waals surface area contributed by atoms with Gasteiger partial charge in [-0.05, 0) is 5.56 Å². The second-order valence-electron chi connectivity index (χ2n) is 6.37. The third-order valence-corrected chi connectivity index (χ3v) is 3.51. The first kappa shape index (κ1) is 15.5. The maximum Gasteiger partial charge on any atom is 0.328 e. The highest BCUT2D eigenvalue weighted by Crippen LogP contribution is 2.32. The number of amides is 1. The van der Waals surface area contributed by atoms with Crippen LogP contribution in [0.3, 0.4) is 0 Å². The van der Waals surface area contributed by atoms with Crippen molar-refractivity contribution < 1.29 is 19.4 Å². The summed E-state index contributed by atoms with van der Waals surface area (Å²) in [4.78, 5) is 25.3. The summed E-state index contributed by atoms with van der Waals surface area (Å²) in [5.74, 6) is -1.24. The summed E-state index contributed by atoms with van der Waals surface area (Å²) in [7, 11) is 0. The molecule has 1 aliphatic rings. The van der Waals surface area contributed by atoms with Gasteiger partial charge in [0, 0.05) is 5.41 Å². The molecule has 5 heteroatoms. The first-order valence-corrected chi connectivity index (χ1v) is 7.00. The number of rotatable bonds is 3. The van der Waals surface area contributed by atoms with E-state index < -0.39 is 18.2 Å². The minimum Gasteiger partial charge on any atom is -0.480 e. The van der Waals surface area contributed by atoms with Crippen molar-refractivity contribution in [2.75, 3.05) is 6.61 Å². The van der Waals surface area contributed by atoms with E-state index in [1.807, 2.05) is 51.1 Å². The number of nitrogens with zero attached hydrogens (tertiary/aromatic N) is 1. The van der Waals surface area contributed by atoms with Crippen LogP contribution in [-0.4, -0.2) is 40.8 Å². The molecule has 0 bridgehead atoms. The maximum atomic E-state index is 12.6. The summed E-state index contributed by atoms with van der Waals surface area (Å²) in [5, 5.41) is 9.31. The Kier molecular flexibility index (Phi) is 4.32. The smallest absolute Gasteiger partial charge is 0.328 e. The van der Waals surface area contributed by atoms with Crippen LogP contribution >= 0.6 is 0 Å². The van der Waals surface area contributed by atoms with Gasteiger partial charge in [-0.1, -0.05) is 51.1 Å². The fraction of sp³-hybridized carbons (Fsp3) is 0.500. The molecule has 0 spiro atoms. The van der Waals surface area contributed by atoms with Crippen LogP contribution in [-0.2, 0) is 20.7 Å².